The molecule has 1 N–H and O–H groups in total. The third-order valence-corrected chi connectivity index (χ3v) is 3.83. The molecule has 0 saturated carbocycles. The third kappa shape index (κ3) is 4.65. The first-order chi connectivity index (χ1) is 10.9. The highest BCUT2D eigenvalue weighted by molar-refractivity contribution is 14.1. The summed E-state index contributed by atoms with van der Waals surface area (Å²) in [6, 6.07) is 11.2. The molecular weight excluding hydrogens is 411 g/mol. The summed E-state index contributed by atoms with van der Waals surface area (Å²) < 4.78 is 6.18. The van der Waals surface area contributed by atoms with Crippen LogP contribution in [0.1, 0.15) is 24.2 Å². The number of nitro groups is 1. The van der Waals surface area contributed by atoms with Gasteiger partial charge in [-0.1, -0.05) is 0 Å². The summed E-state index contributed by atoms with van der Waals surface area (Å²) in [7, 11) is 0. The minimum absolute atomic E-state index is 0.0712. The first kappa shape index (κ1) is 17.2. The van der Waals surface area contributed by atoms with Crippen LogP contribution in [0.3, 0.4) is 0 Å². The summed E-state index contributed by atoms with van der Waals surface area (Å²) in [6.07, 6.45) is 0.0712. The Hall–Kier alpha value is -2.16. The second-order valence-corrected chi connectivity index (χ2v) is 6.23. The number of ether oxygens (including phenoxy) is 1. The van der Waals surface area contributed by atoms with Crippen LogP contribution in [0.2, 0.25) is 0 Å². The quantitative estimate of drug-likeness (QED) is 0.441. The van der Waals surface area contributed by atoms with Gasteiger partial charge >= 0.3 is 0 Å². The van der Waals surface area contributed by atoms with E-state index in [9.17, 15) is 14.9 Å². The van der Waals surface area contributed by atoms with Crippen LogP contribution >= 0.6 is 22.6 Å². The Morgan fingerprint density at radius 3 is 2.43 bits per heavy atom. The molecule has 0 heterocycles. The second kappa shape index (κ2) is 7.40. The van der Waals surface area contributed by atoms with Crippen molar-refractivity contribution in [2.45, 2.75) is 20.0 Å². The van der Waals surface area contributed by atoms with E-state index >= 15 is 0 Å². The van der Waals surface area contributed by atoms with Crippen LogP contribution < -0.4 is 10.1 Å². The van der Waals surface area contributed by atoms with E-state index in [1.165, 1.54) is 12.1 Å². The van der Waals surface area contributed by atoms with E-state index in [2.05, 4.69) is 5.32 Å². The van der Waals surface area contributed by atoms with E-state index < -0.39 is 10.8 Å². The Labute approximate surface area is 147 Å². The van der Waals surface area contributed by atoms with Gasteiger partial charge in [-0.3, -0.25) is 14.9 Å². The molecule has 0 unspecified atom stereocenters. The number of non-ortho nitro benzene ring substituents is 1. The lowest BCUT2D eigenvalue weighted by molar-refractivity contribution is -0.384. The predicted octanol–water partition coefficient (Wildman–Crippen LogP) is 4.24. The highest BCUT2D eigenvalue weighted by atomic mass is 127. The van der Waals surface area contributed by atoms with Gasteiger partial charge in [0.2, 0.25) is 0 Å². The van der Waals surface area contributed by atoms with Gasteiger partial charge in [0.05, 0.1) is 16.6 Å². The zero-order valence-corrected chi connectivity index (χ0v) is 14.7. The number of anilines is 1. The Balaban J connectivity index is 2.15. The van der Waals surface area contributed by atoms with E-state index in [4.69, 9.17) is 4.74 Å². The molecule has 0 atom stereocenters. The molecule has 2 aromatic carbocycles. The lowest BCUT2D eigenvalue weighted by atomic mass is 10.2. The molecule has 0 saturated heterocycles. The Kier molecular flexibility index (Phi) is 5.54. The summed E-state index contributed by atoms with van der Waals surface area (Å²) in [5, 5.41) is 13.6. The lowest BCUT2D eigenvalue weighted by Gasteiger charge is -2.11. The van der Waals surface area contributed by atoms with Crippen LogP contribution in [0.25, 0.3) is 0 Å². The van der Waals surface area contributed by atoms with Crippen molar-refractivity contribution in [1.29, 1.82) is 0 Å². The maximum atomic E-state index is 12.3. The van der Waals surface area contributed by atoms with Crippen LogP contribution in [0.5, 0.6) is 5.75 Å². The van der Waals surface area contributed by atoms with Crippen molar-refractivity contribution in [3.05, 3.63) is 61.7 Å². The zero-order valence-electron chi connectivity index (χ0n) is 12.6. The number of benzene rings is 2. The van der Waals surface area contributed by atoms with Gasteiger partial charge in [0.15, 0.2) is 0 Å². The molecule has 7 heteroatoms. The summed E-state index contributed by atoms with van der Waals surface area (Å²) in [5.74, 6) is 0.318. The maximum absolute atomic E-state index is 12.3. The van der Waals surface area contributed by atoms with E-state index in [-0.39, 0.29) is 17.4 Å². The minimum atomic E-state index is -0.523. The van der Waals surface area contributed by atoms with Crippen LogP contribution in [-0.4, -0.2) is 16.9 Å². The average molecular weight is 426 g/mol. The van der Waals surface area contributed by atoms with Crippen LogP contribution in [0.4, 0.5) is 11.4 Å². The van der Waals surface area contributed by atoms with E-state index in [1.54, 1.807) is 30.3 Å². The average Bonchev–Trinajstić information content (AvgIpc) is 2.48. The van der Waals surface area contributed by atoms with E-state index in [1.807, 2.05) is 36.4 Å². The normalized spacial score (nSPS) is 10.4. The lowest BCUT2D eigenvalue weighted by Crippen LogP contribution is -2.14. The fourth-order valence-corrected chi connectivity index (χ4v) is 2.47. The SMILES string of the molecule is CC(C)Oc1ccc(NC(=O)c2cc([N+](=O)[O-])ccc2I)cc1. The number of amides is 1. The molecular formula is C16H15IN2O4. The van der Waals surface area contributed by atoms with Gasteiger partial charge in [0, 0.05) is 21.4 Å². The van der Waals surface area contributed by atoms with Crippen molar-refractivity contribution < 1.29 is 14.5 Å². The maximum Gasteiger partial charge on any atom is 0.270 e. The van der Waals surface area contributed by atoms with Gasteiger partial charge in [-0.25, -0.2) is 0 Å². The fourth-order valence-electron chi connectivity index (χ4n) is 1.89. The van der Waals surface area contributed by atoms with Gasteiger partial charge in [0.25, 0.3) is 11.6 Å². The Morgan fingerprint density at radius 2 is 1.87 bits per heavy atom. The van der Waals surface area contributed by atoms with Gasteiger partial charge in [-0.15, -0.1) is 0 Å². The monoisotopic (exact) mass is 426 g/mol. The number of nitrogens with one attached hydrogen (secondary N) is 1. The molecule has 0 aliphatic rings. The number of nitro benzene ring substituents is 1. The van der Waals surface area contributed by atoms with Crippen molar-refractivity contribution in [2.24, 2.45) is 0 Å². The van der Waals surface area contributed by atoms with Crippen molar-refractivity contribution in [3.63, 3.8) is 0 Å². The number of carbonyl (C=O) groups excluding carboxylic acids is 1. The molecule has 120 valence electrons. The molecule has 2 rings (SSSR count). The molecule has 0 spiro atoms. The number of hydrogen-bond acceptors (Lipinski definition) is 4. The zero-order chi connectivity index (χ0) is 17.0. The Morgan fingerprint density at radius 1 is 1.22 bits per heavy atom. The van der Waals surface area contributed by atoms with E-state index in [0.29, 0.717) is 15.0 Å². The topological polar surface area (TPSA) is 81.5 Å². The van der Waals surface area contributed by atoms with Gasteiger partial charge in [0.1, 0.15) is 5.75 Å². The van der Waals surface area contributed by atoms with Gasteiger partial charge < -0.3 is 10.1 Å². The first-order valence-electron chi connectivity index (χ1n) is 6.89. The van der Waals surface area contributed by atoms with Crippen molar-refractivity contribution >= 4 is 39.9 Å². The highest BCUT2D eigenvalue weighted by Crippen LogP contribution is 2.22. The molecule has 0 aliphatic carbocycles. The van der Waals surface area contributed by atoms with Crippen molar-refractivity contribution in [1.82, 2.24) is 0 Å². The highest BCUT2D eigenvalue weighted by Gasteiger charge is 2.15. The number of hydrogen-bond donors (Lipinski definition) is 1. The molecule has 23 heavy (non-hydrogen) atoms. The molecule has 0 fully saturated rings. The molecule has 0 aliphatic heterocycles. The summed E-state index contributed by atoms with van der Waals surface area (Å²) >= 11 is 1.97. The molecule has 6 nitrogen and oxygen atoms in total. The predicted molar refractivity (Wildman–Crippen MR) is 96.0 cm³/mol. The number of halogens is 1. The van der Waals surface area contributed by atoms with Crippen LogP contribution in [-0.2, 0) is 0 Å². The molecule has 0 bridgehead atoms. The molecule has 0 aromatic heterocycles. The Bertz CT molecular complexity index is 729. The number of nitrogens with zero attached hydrogens (tertiary/aromatic N) is 1. The standard InChI is InChI=1S/C16H15IN2O4/c1-10(2)23-13-6-3-11(4-7-13)18-16(20)14-9-12(19(21)22)5-8-15(14)17/h3-10H,1-2H3,(H,18,20). The fraction of sp³-hybridized carbons (Fsp3) is 0.188. The second-order valence-electron chi connectivity index (χ2n) is 5.07. The number of rotatable bonds is 5. The van der Waals surface area contributed by atoms with E-state index in [0.717, 1.165) is 0 Å². The van der Waals surface area contributed by atoms with Crippen molar-refractivity contribution in [3.8, 4) is 5.75 Å². The van der Waals surface area contributed by atoms with Gasteiger partial charge in [-0.2, -0.15) is 0 Å². The first-order valence-corrected chi connectivity index (χ1v) is 7.96. The number of carbonyl (C=O) groups is 1. The molecule has 2 aromatic rings. The summed E-state index contributed by atoms with van der Waals surface area (Å²) in [4.78, 5) is 22.6. The van der Waals surface area contributed by atoms with Crippen molar-refractivity contribution in [2.75, 3.05) is 5.32 Å². The van der Waals surface area contributed by atoms with Gasteiger partial charge in [-0.05, 0) is 66.8 Å². The summed E-state index contributed by atoms with van der Waals surface area (Å²) in [6.45, 7) is 3.86. The molecule has 1 amide bonds. The minimum Gasteiger partial charge on any atom is -0.491 e. The summed E-state index contributed by atoms with van der Waals surface area (Å²) in [5.41, 5.74) is 0.743. The largest absolute Gasteiger partial charge is 0.491 e. The smallest absolute Gasteiger partial charge is 0.270 e. The van der Waals surface area contributed by atoms with Crippen LogP contribution in [0, 0.1) is 13.7 Å². The third-order valence-electron chi connectivity index (χ3n) is 2.89. The van der Waals surface area contributed by atoms with Crippen LogP contribution in [0.15, 0.2) is 42.5 Å². The molecule has 0 radical (unpaired) electrons.